The lowest BCUT2D eigenvalue weighted by Crippen LogP contribution is -2.45. The summed E-state index contributed by atoms with van der Waals surface area (Å²) >= 11 is 0. The van der Waals surface area contributed by atoms with Crippen molar-refractivity contribution in [1.29, 1.82) is 0 Å². The fourth-order valence-corrected chi connectivity index (χ4v) is 3.09. The highest BCUT2D eigenvalue weighted by Crippen LogP contribution is 2.23. The predicted molar refractivity (Wildman–Crippen MR) is 87.1 cm³/mol. The van der Waals surface area contributed by atoms with E-state index in [1.165, 1.54) is 22.4 Å². The van der Waals surface area contributed by atoms with Crippen LogP contribution in [0.4, 0.5) is 0 Å². The topological polar surface area (TPSA) is 56.3 Å². The van der Waals surface area contributed by atoms with Gasteiger partial charge in [0.1, 0.15) is 0 Å². The summed E-state index contributed by atoms with van der Waals surface area (Å²) in [5.74, 6) is 0. The zero-order valence-electron chi connectivity index (χ0n) is 13.3. The first-order chi connectivity index (χ1) is 10.7. The number of nitrogens with zero attached hydrogens (tertiary/aromatic N) is 3. The van der Waals surface area contributed by atoms with Gasteiger partial charge in [0.25, 0.3) is 0 Å². The maximum atomic E-state index is 5.75. The lowest BCUT2D eigenvalue weighted by molar-refractivity contribution is -0.0261. The fourth-order valence-electron chi connectivity index (χ4n) is 3.09. The van der Waals surface area contributed by atoms with Crippen LogP contribution in [0.15, 0.2) is 30.6 Å². The molecule has 1 aromatic heterocycles. The molecule has 3 rings (SSSR count). The van der Waals surface area contributed by atoms with Crippen LogP contribution in [0.2, 0.25) is 0 Å². The second-order valence-corrected chi connectivity index (χ2v) is 5.99. The Kier molecular flexibility index (Phi) is 4.57. The SMILES string of the molecule is Cc1cc(C)c(CN2CCO[C@H](CN)C2)c(-n2cccn2)c1. The molecule has 1 aliphatic heterocycles. The van der Waals surface area contributed by atoms with Gasteiger partial charge in [0.05, 0.1) is 18.4 Å². The van der Waals surface area contributed by atoms with Crippen LogP contribution >= 0.6 is 0 Å². The van der Waals surface area contributed by atoms with E-state index in [9.17, 15) is 0 Å². The Morgan fingerprint density at radius 1 is 1.36 bits per heavy atom. The van der Waals surface area contributed by atoms with Crippen LogP contribution in [0.25, 0.3) is 5.69 Å². The van der Waals surface area contributed by atoms with Crippen molar-refractivity contribution in [2.45, 2.75) is 26.5 Å². The number of benzene rings is 1. The molecule has 1 aromatic carbocycles. The van der Waals surface area contributed by atoms with Gasteiger partial charge in [-0.15, -0.1) is 0 Å². The zero-order chi connectivity index (χ0) is 15.5. The summed E-state index contributed by atoms with van der Waals surface area (Å²) in [6.07, 6.45) is 3.97. The molecule has 2 aromatic rings. The highest BCUT2D eigenvalue weighted by Gasteiger charge is 2.21. The Balaban J connectivity index is 1.89. The average molecular weight is 300 g/mol. The van der Waals surface area contributed by atoms with Gasteiger partial charge in [-0.05, 0) is 42.7 Å². The number of rotatable bonds is 4. The smallest absolute Gasteiger partial charge is 0.0824 e. The van der Waals surface area contributed by atoms with Gasteiger partial charge in [-0.2, -0.15) is 5.10 Å². The number of nitrogens with two attached hydrogens (primary N) is 1. The molecule has 0 radical (unpaired) electrons. The van der Waals surface area contributed by atoms with Crippen LogP contribution in [0.5, 0.6) is 0 Å². The van der Waals surface area contributed by atoms with E-state index < -0.39 is 0 Å². The zero-order valence-corrected chi connectivity index (χ0v) is 13.3. The van der Waals surface area contributed by atoms with E-state index in [0.29, 0.717) is 6.54 Å². The molecule has 22 heavy (non-hydrogen) atoms. The molecule has 118 valence electrons. The van der Waals surface area contributed by atoms with Gasteiger partial charge in [0, 0.05) is 38.6 Å². The molecule has 5 nitrogen and oxygen atoms in total. The first kappa shape index (κ1) is 15.2. The van der Waals surface area contributed by atoms with Gasteiger partial charge in [-0.3, -0.25) is 4.90 Å². The molecular formula is C17H24N4O. The molecule has 0 bridgehead atoms. The molecular weight excluding hydrogens is 276 g/mol. The third-order valence-electron chi connectivity index (χ3n) is 4.21. The summed E-state index contributed by atoms with van der Waals surface area (Å²) < 4.78 is 7.62. The van der Waals surface area contributed by atoms with E-state index in [1.54, 1.807) is 0 Å². The highest BCUT2D eigenvalue weighted by atomic mass is 16.5. The Labute approximate surface area is 131 Å². The number of morpholine rings is 1. The van der Waals surface area contributed by atoms with Crippen LogP contribution in [-0.4, -0.2) is 47.0 Å². The standard InChI is InChI=1S/C17H24N4O/c1-13-8-14(2)16(17(9-13)21-5-3-4-19-21)12-20-6-7-22-15(10-18)11-20/h3-5,8-9,15H,6-7,10-12,18H2,1-2H3/t15-/m1/s1. The first-order valence-electron chi connectivity index (χ1n) is 7.81. The number of aromatic nitrogens is 2. The van der Waals surface area contributed by atoms with E-state index in [0.717, 1.165) is 26.2 Å². The molecule has 0 aliphatic carbocycles. The molecule has 2 N–H and O–H groups in total. The molecule has 2 heterocycles. The van der Waals surface area contributed by atoms with Gasteiger partial charge in [-0.1, -0.05) is 6.07 Å². The second-order valence-electron chi connectivity index (χ2n) is 5.99. The van der Waals surface area contributed by atoms with E-state index in [2.05, 4.69) is 36.0 Å². The minimum atomic E-state index is 0.146. The highest BCUT2D eigenvalue weighted by molar-refractivity contribution is 5.48. The normalized spacial score (nSPS) is 19.5. The van der Waals surface area contributed by atoms with Crippen molar-refractivity contribution in [3.05, 3.63) is 47.3 Å². The van der Waals surface area contributed by atoms with Crippen LogP contribution in [0.1, 0.15) is 16.7 Å². The molecule has 0 saturated carbocycles. The van der Waals surface area contributed by atoms with E-state index in [-0.39, 0.29) is 6.10 Å². The summed E-state index contributed by atoms with van der Waals surface area (Å²) in [7, 11) is 0. The Morgan fingerprint density at radius 3 is 2.95 bits per heavy atom. The molecule has 5 heteroatoms. The van der Waals surface area contributed by atoms with Crippen LogP contribution in [-0.2, 0) is 11.3 Å². The third kappa shape index (κ3) is 3.21. The minimum Gasteiger partial charge on any atom is -0.374 e. The van der Waals surface area contributed by atoms with Gasteiger partial charge in [-0.25, -0.2) is 4.68 Å². The van der Waals surface area contributed by atoms with Gasteiger partial charge >= 0.3 is 0 Å². The molecule has 1 atom stereocenters. The summed E-state index contributed by atoms with van der Waals surface area (Å²) in [5, 5.41) is 4.41. The van der Waals surface area contributed by atoms with E-state index >= 15 is 0 Å². The molecule has 0 spiro atoms. The van der Waals surface area contributed by atoms with Crippen molar-refractivity contribution in [3.8, 4) is 5.69 Å². The monoisotopic (exact) mass is 300 g/mol. The molecule has 1 saturated heterocycles. The summed E-state index contributed by atoms with van der Waals surface area (Å²) in [4.78, 5) is 2.42. The van der Waals surface area contributed by atoms with Crippen LogP contribution in [0.3, 0.4) is 0 Å². The van der Waals surface area contributed by atoms with Gasteiger partial charge in [0.2, 0.25) is 0 Å². The third-order valence-corrected chi connectivity index (χ3v) is 4.21. The number of hydrogen-bond acceptors (Lipinski definition) is 4. The van der Waals surface area contributed by atoms with E-state index in [4.69, 9.17) is 10.5 Å². The van der Waals surface area contributed by atoms with Crippen molar-refractivity contribution in [3.63, 3.8) is 0 Å². The Bertz CT molecular complexity index is 624. The van der Waals surface area contributed by atoms with Crippen molar-refractivity contribution in [2.75, 3.05) is 26.2 Å². The molecule has 0 amide bonds. The maximum absolute atomic E-state index is 5.75. The largest absolute Gasteiger partial charge is 0.374 e. The number of hydrogen-bond donors (Lipinski definition) is 1. The van der Waals surface area contributed by atoms with E-state index in [1.807, 2.05) is 23.1 Å². The summed E-state index contributed by atoms with van der Waals surface area (Å²) in [6, 6.07) is 6.40. The van der Waals surface area contributed by atoms with Crippen molar-refractivity contribution in [2.24, 2.45) is 5.73 Å². The summed E-state index contributed by atoms with van der Waals surface area (Å²) in [6.45, 7) is 8.38. The molecule has 1 aliphatic rings. The van der Waals surface area contributed by atoms with Crippen LogP contribution < -0.4 is 5.73 Å². The quantitative estimate of drug-likeness (QED) is 0.933. The van der Waals surface area contributed by atoms with Gasteiger partial charge < -0.3 is 10.5 Å². The average Bonchev–Trinajstić information content (AvgIpc) is 3.04. The lowest BCUT2D eigenvalue weighted by Gasteiger charge is -2.33. The fraction of sp³-hybridized carbons (Fsp3) is 0.471. The van der Waals surface area contributed by atoms with Gasteiger partial charge in [0.15, 0.2) is 0 Å². The number of aryl methyl sites for hydroxylation is 2. The predicted octanol–water partition coefficient (Wildman–Crippen LogP) is 1.65. The Hall–Kier alpha value is -1.69. The first-order valence-corrected chi connectivity index (χ1v) is 7.81. The maximum Gasteiger partial charge on any atom is 0.0824 e. The van der Waals surface area contributed by atoms with Crippen molar-refractivity contribution < 1.29 is 4.74 Å². The molecule has 1 fully saturated rings. The minimum absolute atomic E-state index is 0.146. The molecule has 0 unspecified atom stereocenters. The van der Waals surface area contributed by atoms with Crippen LogP contribution in [0, 0.1) is 13.8 Å². The summed E-state index contributed by atoms with van der Waals surface area (Å²) in [5.41, 5.74) is 10.8. The number of ether oxygens (including phenoxy) is 1. The Morgan fingerprint density at radius 2 is 2.23 bits per heavy atom. The van der Waals surface area contributed by atoms with Crippen molar-refractivity contribution >= 4 is 0 Å². The lowest BCUT2D eigenvalue weighted by atomic mass is 10.0. The van der Waals surface area contributed by atoms with Crippen molar-refractivity contribution in [1.82, 2.24) is 14.7 Å². The second kappa shape index (κ2) is 6.60.